The molecule has 0 aliphatic carbocycles. The second-order valence-corrected chi connectivity index (χ2v) is 3.23. The lowest BCUT2D eigenvalue weighted by Gasteiger charge is -2.03. The number of aromatic nitrogens is 1. The fraction of sp³-hybridized carbons (Fsp3) is 0.286. The second kappa shape index (κ2) is 6.53. The van der Waals surface area contributed by atoms with Gasteiger partial charge in [0, 0.05) is 18.7 Å². The van der Waals surface area contributed by atoms with Crippen molar-refractivity contribution in [1.29, 1.82) is 0 Å². The molecule has 6 heteroatoms. The molecular formula is C7H12N2O3S. The van der Waals surface area contributed by atoms with E-state index in [1.165, 1.54) is 6.92 Å². The summed E-state index contributed by atoms with van der Waals surface area (Å²) in [5.41, 5.74) is 0. The molecule has 0 saturated carbocycles. The largest absolute Gasteiger partial charge is 0.735 e. The van der Waals surface area contributed by atoms with Crippen LogP contribution in [-0.4, -0.2) is 19.5 Å². The lowest BCUT2D eigenvalue weighted by atomic mass is 10.5. The van der Waals surface area contributed by atoms with Crippen LogP contribution in [0.15, 0.2) is 30.6 Å². The molecule has 1 rings (SSSR count). The van der Waals surface area contributed by atoms with Gasteiger partial charge >= 0.3 is 0 Å². The van der Waals surface area contributed by atoms with Gasteiger partial charge in [-0.2, -0.15) is 0 Å². The van der Waals surface area contributed by atoms with Crippen molar-refractivity contribution in [2.75, 3.05) is 6.54 Å². The predicted molar refractivity (Wildman–Crippen MR) is 46.4 cm³/mol. The Kier molecular flexibility index (Phi) is 6.03. The van der Waals surface area contributed by atoms with Gasteiger partial charge in [0.15, 0.2) is 22.7 Å². The van der Waals surface area contributed by atoms with E-state index in [2.05, 4.69) is 4.98 Å². The Bertz CT molecular complexity index is 272. The monoisotopic (exact) mass is 204 g/mol. The highest BCUT2D eigenvalue weighted by atomic mass is 32.2. The van der Waals surface area contributed by atoms with Crippen molar-refractivity contribution in [2.24, 2.45) is 0 Å². The van der Waals surface area contributed by atoms with Crippen LogP contribution < -0.4 is 9.71 Å². The average Bonchev–Trinajstić information content (AvgIpc) is 2.06. The van der Waals surface area contributed by atoms with Gasteiger partial charge in [0.05, 0.1) is 0 Å². The first-order chi connectivity index (χ1) is 6.06. The van der Waals surface area contributed by atoms with Gasteiger partial charge < -0.3 is 4.55 Å². The SMILES string of the molecule is CCNS(=O)(=O)[O-].c1cc[nH+]cc1. The molecule has 0 saturated heterocycles. The Morgan fingerprint density at radius 2 is 1.85 bits per heavy atom. The molecule has 0 spiro atoms. The predicted octanol–water partition coefficient (Wildman–Crippen LogP) is -0.443. The lowest BCUT2D eigenvalue weighted by Crippen LogP contribution is -2.21. The third-order valence-corrected chi connectivity index (χ3v) is 1.57. The van der Waals surface area contributed by atoms with Crippen LogP contribution in [0, 0.1) is 0 Å². The van der Waals surface area contributed by atoms with E-state index in [-0.39, 0.29) is 6.54 Å². The van der Waals surface area contributed by atoms with Crippen LogP contribution in [0.5, 0.6) is 0 Å². The number of aromatic amines is 1. The van der Waals surface area contributed by atoms with Gasteiger partial charge in [0.2, 0.25) is 0 Å². The molecule has 0 bridgehead atoms. The van der Waals surface area contributed by atoms with Crippen LogP contribution >= 0.6 is 0 Å². The van der Waals surface area contributed by atoms with E-state index in [0.29, 0.717) is 0 Å². The zero-order valence-electron chi connectivity index (χ0n) is 7.23. The van der Waals surface area contributed by atoms with Gasteiger partial charge in [0.1, 0.15) is 0 Å². The molecule has 0 aliphatic heterocycles. The number of hydrogen-bond acceptors (Lipinski definition) is 3. The molecular weight excluding hydrogens is 192 g/mol. The average molecular weight is 204 g/mol. The molecule has 0 unspecified atom stereocenters. The Balaban J connectivity index is 0.000000223. The second-order valence-electron chi connectivity index (χ2n) is 2.03. The summed E-state index contributed by atoms with van der Waals surface area (Å²) in [6.07, 6.45) is 3.75. The first kappa shape index (κ1) is 12.0. The Labute approximate surface area is 77.7 Å². The summed E-state index contributed by atoms with van der Waals surface area (Å²) >= 11 is 0. The molecule has 2 N–H and O–H groups in total. The first-order valence-electron chi connectivity index (χ1n) is 3.68. The van der Waals surface area contributed by atoms with Crippen molar-refractivity contribution in [3.8, 4) is 0 Å². The maximum atomic E-state index is 9.56. The Morgan fingerprint density at radius 3 is 1.92 bits per heavy atom. The van der Waals surface area contributed by atoms with E-state index in [4.69, 9.17) is 0 Å². The molecule has 74 valence electrons. The third-order valence-electron chi connectivity index (χ3n) is 0.928. The summed E-state index contributed by atoms with van der Waals surface area (Å²) in [6, 6.07) is 5.86. The normalized spacial score (nSPS) is 10.0. The summed E-state index contributed by atoms with van der Waals surface area (Å²) < 4.78 is 30.4. The van der Waals surface area contributed by atoms with E-state index in [1.807, 2.05) is 30.6 Å². The number of H-pyrrole nitrogens is 1. The van der Waals surface area contributed by atoms with Gasteiger partial charge in [-0.05, 0) is 0 Å². The Hall–Kier alpha value is -0.980. The maximum absolute atomic E-state index is 9.56. The van der Waals surface area contributed by atoms with Crippen molar-refractivity contribution in [3.05, 3.63) is 30.6 Å². The first-order valence-corrected chi connectivity index (χ1v) is 5.08. The highest BCUT2D eigenvalue weighted by molar-refractivity contribution is 7.83. The smallest absolute Gasteiger partial charge is 0.166 e. The molecule has 0 radical (unpaired) electrons. The highest BCUT2D eigenvalue weighted by Gasteiger charge is 1.83. The van der Waals surface area contributed by atoms with Gasteiger partial charge in [0.25, 0.3) is 0 Å². The van der Waals surface area contributed by atoms with E-state index < -0.39 is 10.3 Å². The van der Waals surface area contributed by atoms with Crippen LogP contribution in [0.3, 0.4) is 0 Å². The van der Waals surface area contributed by atoms with Gasteiger partial charge in [-0.25, -0.2) is 18.1 Å². The van der Waals surface area contributed by atoms with Crippen LogP contribution in [0.25, 0.3) is 0 Å². The molecule has 0 aliphatic rings. The van der Waals surface area contributed by atoms with Gasteiger partial charge in [-0.3, -0.25) is 0 Å². The summed E-state index contributed by atoms with van der Waals surface area (Å²) in [7, 11) is -4.17. The van der Waals surface area contributed by atoms with Crippen LogP contribution in [-0.2, 0) is 10.3 Å². The molecule has 13 heavy (non-hydrogen) atoms. The van der Waals surface area contributed by atoms with E-state index >= 15 is 0 Å². The fourth-order valence-electron chi connectivity index (χ4n) is 0.519. The molecule has 0 amide bonds. The molecule has 1 heterocycles. The Morgan fingerprint density at radius 1 is 1.31 bits per heavy atom. The van der Waals surface area contributed by atoms with Gasteiger partial charge in [-0.1, -0.05) is 13.0 Å². The standard InChI is InChI=1S/C5H5N.C2H7NO3S/c1-2-4-6-5-3-1;1-2-3-7(4,5)6/h1-5H;3H,2H2,1H3,(H,4,5,6). The number of hydrogen-bond donors (Lipinski definition) is 1. The van der Waals surface area contributed by atoms with Crippen molar-refractivity contribution in [2.45, 2.75) is 6.92 Å². The fourth-order valence-corrected chi connectivity index (χ4v) is 0.872. The number of nitrogens with one attached hydrogen (secondary N) is 2. The van der Waals surface area contributed by atoms with Crippen LogP contribution in [0.2, 0.25) is 0 Å². The summed E-state index contributed by atoms with van der Waals surface area (Å²) in [5.74, 6) is 0. The minimum atomic E-state index is -4.17. The summed E-state index contributed by atoms with van der Waals surface area (Å²) in [6.45, 7) is 1.70. The van der Waals surface area contributed by atoms with Gasteiger partial charge in [-0.15, -0.1) is 0 Å². The maximum Gasteiger partial charge on any atom is 0.166 e. The summed E-state index contributed by atoms with van der Waals surface area (Å²) in [5, 5.41) is 0. The van der Waals surface area contributed by atoms with Crippen molar-refractivity contribution >= 4 is 10.3 Å². The molecule has 1 aromatic rings. The highest BCUT2D eigenvalue weighted by Crippen LogP contribution is 1.68. The molecule has 1 aromatic heterocycles. The number of rotatable bonds is 2. The van der Waals surface area contributed by atoms with E-state index in [9.17, 15) is 13.0 Å². The third kappa shape index (κ3) is 11.0. The zero-order valence-corrected chi connectivity index (χ0v) is 8.04. The topological polar surface area (TPSA) is 83.4 Å². The van der Waals surface area contributed by atoms with E-state index in [0.717, 1.165) is 0 Å². The quantitative estimate of drug-likeness (QED) is 0.663. The van der Waals surface area contributed by atoms with Crippen LogP contribution in [0.4, 0.5) is 0 Å². The minimum Gasteiger partial charge on any atom is -0.735 e. The molecule has 0 aromatic carbocycles. The molecule has 5 nitrogen and oxygen atoms in total. The van der Waals surface area contributed by atoms with Crippen molar-refractivity contribution in [3.63, 3.8) is 0 Å². The molecule has 0 atom stereocenters. The zero-order chi connectivity index (χ0) is 10.2. The van der Waals surface area contributed by atoms with E-state index in [1.54, 1.807) is 4.72 Å². The lowest BCUT2D eigenvalue weighted by molar-refractivity contribution is -0.377. The minimum absolute atomic E-state index is 0.159. The van der Waals surface area contributed by atoms with Crippen molar-refractivity contribution < 1.29 is 18.0 Å². The van der Waals surface area contributed by atoms with Crippen LogP contribution in [0.1, 0.15) is 6.92 Å². The number of pyridine rings is 1. The van der Waals surface area contributed by atoms with Crippen molar-refractivity contribution in [1.82, 2.24) is 4.72 Å². The summed E-state index contributed by atoms with van der Waals surface area (Å²) in [4.78, 5) is 2.89. The molecule has 0 fully saturated rings.